The third kappa shape index (κ3) is 4.65. The fraction of sp³-hybridized carbons (Fsp3) is 0.107. The van der Waals surface area contributed by atoms with Gasteiger partial charge in [-0.25, -0.2) is 4.68 Å². The summed E-state index contributed by atoms with van der Waals surface area (Å²) >= 11 is 6.89. The molecule has 1 saturated heterocycles. The zero-order valence-electron chi connectivity index (χ0n) is 19.3. The molecule has 0 saturated carbocycles. The molecule has 174 valence electrons. The number of anilines is 1. The van der Waals surface area contributed by atoms with Crippen LogP contribution in [0, 0.1) is 0 Å². The smallest absolute Gasteiger partial charge is 0.270 e. The molecule has 3 aromatic carbocycles. The normalized spacial score (nSPS) is 14.7. The minimum atomic E-state index is -0.127. The molecule has 0 radical (unpaired) electrons. The number of ether oxygens (including phenoxy) is 1. The molecule has 4 aromatic rings. The summed E-state index contributed by atoms with van der Waals surface area (Å²) in [6.07, 6.45) is 4.77. The summed E-state index contributed by atoms with van der Waals surface area (Å²) in [4.78, 5) is 15.6. The third-order valence-corrected chi connectivity index (χ3v) is 7.11. The number of aryl methyl sites for hydroxylation is 1. The number of amides is 1. The number of hydrogen-bond donors (Lipinski definition) is 0. The molecule has 0 unspecified atom stereocenters. The van der Waals surface area contributed by atoms with Crippen molar-refractivity contribution in [1.82, 2.24) is 9.78 Å². The van der Waals surface area contributed by atoms with Crippen molar-refractivity contribution >= 4 is 46.0 Å². The van der Waals surface area contributed by atoms with Crippen molar-refractivity contribution in [2.45, 2.75) is 13.3 Å². The van der Waals surface area contributed by atoms with Gasteiger partial charge in [-0.3, -0.25) is 9.69 Å². The maximum Gasteiger partial charge on any atom is 0.270 e. The number of thiocarbonyl (C=S) groups is 1. The second kappa shape index (κ2) is 9.90. The van der Waals surface area contributed by atoms with Crippen molar-refractivity contribution < 1.29 is 9.53 Å². The Balaban J connectivity index is 1.55. The van der Waals surface area contributed by atoms with E-state index in [1.807, 2.05) is 95.8 Å². The van der Waals surface area contributed by atoms with E-state index in [1.54, 1.807) is 12.0 Å². The van der Waals surface area contributed by atoms with Gasteiger partial charge in [0.15, 0.2) is 4.32 Å². The predicted octanol–water partition coefficient (Wildman–Crippen LogP) is 6.52. The van der Waals surface area contributed by atoms with Gasteiger partial charge in [0.05, 0.1) is 29.1 Å². The largest absolute Gasteiger partial charge is 0.497 e. The van der Waals surface area contributed by atoms with E-state index in [0.29, 0.717) is 9.23 Å². The van der Waals surface area contributed by atoms with Crippen LogP contribution in [0.15, 0.2) is 90.0 Å². The summed E-state index contributed by atoms with van der Waals surface area (Å²) in [5, 5.41) is 4.85. The minimum Gasteiger partial charge on any atom is -0.497 e. The molecule has 7 heteroatoms. The summed E-state index contributed by atoms with van der Waals surface area (Å²) in [6.45, 7) is 2.10. The number of carbonyl (C=O) groups excluding carboxylic acids is 1. The van der Waals surface area contributed by atoms with Crippen molar-refractivity contribution in [1.29, 1.82) is 0 Å². The van der Waals surface area contributed by atoms with E-state index in [9.17, 15) is 4.79 Å². The molecule has 1 aliphatic rings. The molecule has 0 bridgehead atoms. The van der Waals surface area contributed by atoms with Crippen molar-refractivity contribution in [3.05, 3.63) is 101 Å². The van der Waals surface area contributed by atoms with E-state index < -0.39 is 0 Å². The molecule has 0 aliphatic carbocycles. The highest BCUT2D eigenvalue weighted by Crippen LogP contribution is 2.37. The fourth-order valence-electron chi connectivity index (χ4n) is 3.89. The highest BCUT2D eigenvalue weighted by Gasteiger charge is 2.33. The van der Waals surface area contributed by atoms with E-state index in [-0.39, 0.29) is 5.91 Å². The van der Waals surface area contributed by atoms with Crippen LogP contribution in [-0.4, -0.2) is 27.1 Å². The highest BCUT2D eigenvalue weighted by atomic mass is 32.2. The van der Waals surface area contributed by atoms with Gasteiger partial charge in [0.25, 0.3) is 5.91 Å². The average molecular weight is 498 g/mol. The van der Waals surface area contributed by atoms with Gasteiger partial charge < -0.3 is 4.74 Å². The number of rotatable bonds is 6. The Hall–Kier alpha value is -3.68. The van der Waals surface area contributed by atoms with Gasteiger partial charge in [0.2, 0.25) is 0 Å². The Kier molecular flexibility index (Phi) is 6.53. The van der Waals surface area contributed by atoms with Gasteiger partial charge >= 0.3 is 0 Å². The zero-order valence-corrected chi connectivity index (χ0v) is 21.0. The maximum atomic E-state index is 13.4. The SMILES string of the molecule is CCc1ccc(N2C(=O)C(=Cc3cn(-c4ccccc4)nc3-c3ccc(OC)cc3)SC2=S)cc1. The molecule has 1 fully saturated rings. The Morgan fingerprint density at radius 3 is 2.34 bits per heavy atom. The second-order valence-corrected chi connectivity index (χ2v) is 9.65. The lowest BCUT2D eigenvalue weighted by atomic mass is 10.1. The van der Waals surface area contributed by atoms with Crippen LogP contribution in [0.2, 0.25) is 0 Å². The van der Waals surface area contributed by atoms with Crippen LogP contribution in [0.3, 0.4) is 0 Å². The molecule has 1 aromatic heterocycles. The van der Waals surface area contributed by atoms with Gasteiger partial charge in [-0.1, -0.05) is 61.2 Å². The van der Waals surface area contributed by atoms with Gasteiger partial charge in [-0.15, -0.1) is 0 Å². The number of nitrogens with zero attached hydrogens (tertiary/aromatic N) is 3. The van der Waals surface area contributed by atoms with Crippen LogP contribution < -0.4 is 9.64 Å². The van der Waals surface area contributed by atoms with Crippen LogP contribution in [-0.2, 0) is 11.2 Å². The molecule has 5 rings (SSSR count). The van der Waals surface area contributed by atoms with Crippen LogP contribution in [0.25, 0.3) is 23.0 Å². The van der Waals surface area contributed by atoms with Crippen LogP contribution in [0.4, 0.5) is 5.69 Å². The number of para-hydroxylation sites is 1. The van der Waals surface area contributed by atoms with Crippen LogP contribution >= 0.6 is 24.0 Å². The first-order valence-corrected chi connectivity index (χ1v) is 12.5. The summed E-state index contributed by atoms with van der Waals surface area (Å²) in [5.74, 6) is 0.644. The van der Waals surface area contributed by atoms with E-state index >= 15 is 0 Å². The quantitative estimate of drug-likeness (QED) is 0.224. The number of thioether (sulfide) groups is 1. The summed E-state index contributed by atoms with van der Waals surface area (Å²) < 4.78 is 7.66. The van der Waals surface area contributed by atoms with E-state index in [4.69, 9.17) is 22.1 Å². The minimum absolute atomic E-state index is 0.127. The Labute approximate surface area is 214 Å². The van der Waals surface area contributed by atoms with Crippen LogP contribution in [0.5, 0.6) is 5.75 Å². The number of methoxy groups -OCH3 is 1. The average Bonchev–Trinajstić information content (AvgIpc) is 3.45. The van der Waals surface area contributed by atoms with Crippen molar-refractivity contribution in [3.8, 4) is 22.7 Å². The molecular formula is C28H23N3O2S2. The molecule has 2 heterocycles. The number of hydrogen-bond acceptors (Lipinski definition) is 5. The topological polar surface area (TPSA) is 47.4 Å². The fourth-order valence-corrected chi connectivity index (χ4v) is 5.18. The van der Waals surface area contributed by atoms with Crippen molar-refractivity contribution in [2.75, 3.05) is 12.0 Å². The summed E-state index contributed by atoms with van der Waals surface area (Å²) in [5.41, 5.74) is 5.47. The van der Waals surface area contributed by atoms with Gasteiger partial charge in [0, 0.05) is 17.3 Å². The first kappa shape index (κ1) is 23.1. The standard InChI is InChI=1S/C28H23N3O2S2/c1-3-19-9-13-23(14-10-19)31-27(32)25(35-28(31)34)17-21-18-30(22-7-5-4-6-8-22)29-26(21)20-11-15-24(33-2)16-12-20/h4-18H,3H2,1-2H3. The first-order chi connectivity index (χ1) is 17.1. The van der Waals surface area contributed by atoms with E-state index in [0.717, 1.165) is 40.4 Å². The van der Waals surface area contributed by atoms with Crippen molar-refractivity contribution in [3.63, 3.8) is 0 Å². The molecule has 5 nitrogen and oxygen atoms in total. The van der Waals surface area contributed by atoms with Crippen LogP contribution in [0.1, 0.15) is 18.1 Å². The predicted molar refractivity (Wildman–Crippen MR) is 147 cm³/mol. The lowest BCUT2D eigenvalue weighted by Crippen LogP contribution is -2.27. The van der Waals surface area contributed by atoms with Crippen molar-refractivity contribution in [2.24, 2.45) is 0 Å². The zero-order chi connectivity index (χ0) is 24.4. The monoisotopic (exact) mass is 497 g/mol. The molecule has 1 amide bonds. The molecule has 0 N–H and O–H groups in total. The first-order valence-electron chi connectivity index (χ1n) is 11.2. The van der Waals surface area contributed by atoms with E-state index in [2.05, 4.69) is 6.92 Å². The number of aromatic nitrogens is 2. The molecule has 0 atom stereocenters. The third-order valence-electron chi connectivity index (χ3n) is 5.81. The van der Waals surface area contributed by atoms with Gasteiger partial charge in [-0.05, 0) is 66.6 Å². The lowest BCUT2D eigenvalue weighted by molar-refractivity contribution is -0.113. The molecule has 0 spiro atoms. The molecule has 35 heavy (non-hydrogen) atoms. The Morgan fingerprint density at radius 1 is 0.971 bits per heavy atom. The highest BCUT2D eigenvalue weighted by molar-refractivity contribution is 8.27. The van der Waals surface area contributed by atoms with Gasteiger partial charge in [0.1, 0.15) is 5.75 Å². The Bertz CT molecular complexity index is 1410. The second-order valence-electron chi connectivity index (χ2n) is 7.98. The summed E-state index contributed by atoms with van der Waals surface area (Å²) in [6, 6.07) is 25.6. The van der Waals surface area contributed by atoms with Gasteiger partial charge in [-0.2, -0.15) is 5.10 Å². The van der Waals surface area contributed by atoms with E-state index in [1.165, 1.54) is 17.3 Å². The lowest BCUT2D eigenvalue weighted by Gasteiger charge is -2.14. The number of carbonyl (C=O) groups is 1. The summed E-state index contributed by atoms with van der Waals surface area (Å²) in [7, 11) is 1.64. The number of benzene rings is 3. The molecule has 1 aliphatic heterocycles. The molecular weight excluding hydrogens is 474 g/mol. The maximum absolute atomic E-state index is 13.4. The Morgan fingerprint density at radius 2 is 1.69 bits per heavy atom.